The lowest BCUT2D eigenvalue weighted by atomic mass is 9.77. The summed E-state index contributed by atoms with van der Waals surface area (Å²) in [5, 5.41) is 3.77. The predicted molar refractivity (Wildman–Crippen MR) is 78.5 cm³/mol. The molecule has 1 aromatic heterocycles. The molecular formula is C15H24BrNO. The van der Waals surface area contributed by atoms with Gasteiger partial charge in [0.15, 0.2) is 4.67 Å². The molecule has 3 unspecified atom stereocenters. The third-order valence-corrected chi connectivity index (χ3v) is 4.59. The molecule has 3 atom stereocenters. The Morgan fingerprint density at radius 1 is 1.22 bits per heavy atom. The zero-order valence-corrected chi connectivity index (χ0v) is 13.2. The molecule has 0 spiro atoms. The van der Waals surface area contributed by atoms with Crippen LogP contribution in [0.1, 0.15) is 58.3 Å². The normalized spacial score (nSPS) is 26.5. The summed E-state index contributed by atoms with van der Waals surface area (Å²) in [7, 11) is 0. The van der Waals surface area contributed by atoms with Gasteiger partial charge in [-0.05, 0) is 59.7 Å². The van der Waals surface area contributed by atoms with Crippen LogP contribution < -0.4 is 5.32 Å². The minimum absolute atomic E-state index is 0.292. The van der Waals surface area contributed by atoms with Crippen molar-refractivity contribution in [2.75, 3.05) is 0 Å². The smallest absolute Gasteiger partial charge is 0.169 e. The fourth-order valence-corrected chi connectivity index (χ4v) is 3.45. The summed E-state index contributed by atoms with van der Waals surface area (Å²) in [6, 6.07) is 4.95. The first-order valence-electron chi connectivity index (χ1n) is 7.09. The molecule has 1 heterocycles. The van der Waals surface area contributed by atoms with E-state index < -0.39 is 0 Å². The maximum absolute atomic E-state index is 5.64. The van der Waals surface area contributed by atoms with Crippen LogP contribution in [0.3, 0.4) is 0 Å². The Morgan fingerprint density at radius 3 is 2.56 bits per heavy atom. The molecule has 0 amide bonds. The molecule has 1 aliphatic carbocycles. The number of rotatable bonds is 4. The molecule has 2 rings (SSSR count). The Balaban J connectivity index is 1.98. The van der Waals surface area contributed by atoms with E-state index in [0.29, 0.717) is 12.1 Å². The number of hydrogen-bond acceptors (Lipinski definition) is 2. The number of halogens is 1. The van der Waals surface area contributed by atoms with Gasteiger partial charge in [-0.25, -0.2) is 0 Å². The highest BCUT2D eigenvalue weighted by molar-refractivity contribution is 9.10. The van der Waals surface area contributed by atoms with E-state index in [9.17, 15) is 0 Å². The minimum Gasteiger partial charge on any atom is -0.453 e. The molecular weight excluding hydrogens is 290 g/mol. The van der Waals surface area contributed by atoms with E-state index in [4.69, 9.17) is 4.42 Å². The van der Waals surface area contributed by atoms with Gasteiger partial charge >= 0.3 is 0 Å². The van der Waals surface area contributed by atoms with Crippen LogP contribution in [0.4, 0.5) is 0 Å². The molecule has 102 valence electrons. The molecule has 2 nitrogen and oxygen atoms in total. The van der Waals surface area contributed by atoms with Crippen molar-refractivity contribution < 1.29 is 4.42 Å². The maximum Gasteiger partial charge on any atom is 0.169 e. The molecule has 3 heteroatoms. The van der Waals surface area contributed by atoms with Crippen molar-refractivity contribution >= 4 is 15.9 Å². The van der Waals surface area contributed by atoms with Crippen LogP contribution in [0.15, 0.2) is 21.2 Å². The van der Waals surface area contributed by atoms with E-state index >= 15 is 0 Å². The third-order valence-electron chi connectivity index (χ3n) is 4.16. The van der Waals surface area contributed by atoms with Gasteiger partial charge in [0.25, 0.3) is 0 Å². The molecule has 1 saturated carbocycles. The molecule has 1 aromatic rings. The Kier molecular flexibility index (Phi) is 4.91. The van der Waals surface area contributed by atoms with Crippen molar-refractivity contribution in [3.05, 3.63) is 22.6 Å². The van der Waals surface area contributed by atoms with Gasteiger partial charge in [-0.2, -0.15) is 0 Å². The van der Waals surface area contributed by atoms with E-state index in [1.54, 1.807) is 0 Å². The highest BCUT2D eigenvalue weighted by atomic mass is 79.9. The Morgan fingerprint density at radius 2 is 1.94 bits per heavy atom. The molecule has 1 fully saturated rings. The second kappa shape index (κ2) is 6.25. The number of furan rings is 1. The van der Waals surface area contributed by atoms with Crippen LogP contribution in [0.5, 0.6) is 0 Å². The third kappa shape index (κ3) is 3.39. The van der Waals surface area contributed by atoms with Crippen molar-refractivity contribution in [3.8, 4) is 0 Å². The van der Waals surface area contributed by atoms with Crippen molar-refractivity contribution in [3.63, 3.8) is 0 Å². The fourth-order valence-electron chi connectivity index (χ4n) is 3.13. The van der Waals surface area contributed by atoms with E-state index in [1.165, 1.54) is 25.7 Å². The van der Waals surface area contributed by atoms with Gasteiger partial charge in [-0.3, -0.25) is 0 Å². The maximum atomic E-state index is 5.64. The van der Waals surface area contributed by atoms with Gasteiger partial charge in [0.2, 0.25) is 0 Å². The van der Waals surface area contributed by atoms with Crippen molar-refractivity contribution in [1.29, 1.82) is 0 Å². The van der Waals surface area contributed by atoms with Crippen molar-refractivity contribution in [1.82, 2.24) is 5.32 Å². The predicted octanol–water partition coefficient (Wildman–Crippen LogP) is 4.91. The van der Waals surface area contributed by atoms with Crippen molar-refractivity contribution in [2.24, 2.45) is 11.8 Å². The van der Waals surface area contributed by atoms with Crippen molar-refractivity contribution in [2.45, 2.75) is 58.5 Å². The van der Waals surface area contributed by atoms with Crippen LogP contribution in [0, 0.1) is 11.8 Å². The Hall–Kier alpha value is -0.280. The van der Waals surface area contributed by atoms with Crippen LogP contribution in [0.2, 0.25) is 0 Å². The lowest BCUT2D eigenvalue weighted by Crippen LogP contribution is -2.41. The second-order valence-corrected chi connectivity index (χ2v) is 6.61. The summed E-state index contributed by atoms with van der Waals surface area (Å²) < 4.78 is 6.45. The molecule has 0 aromatic carbocycles. The number of hydrogen-bond donors (Lipinski definition) is 1. The van der Waals surface area contributed by atoms with E-state index in [1.807, 2.05) is 6.07 Å². The molecule has 1 aliphatic rings. The van der Waals surface area contributed by atoms with Gasteiger partial charge in [-0.15, -0.1) is 0 Å². The average molecular weight is 314 g/mol. The first-order valence-corrected chi connectivity index (χ1v) is 7.88. The largest absolute Gasteiger partial charge is 0.453 e. The van der Waals surface area contributed by atoms with Crippen LogP contribution in [-0.2, 0) is 0 Å². The summed E-state index contributed by atoms with van der Waals surface area (Å²) in [5.41, 5.74) is 0. The van der Waals surface area contributed by atoms with Gasteiger partial charge in [0.1, 0.15) is 5.76 Å². The van der Waals surface area contributed by atoms with Crippen LogP contribution in [-0.4, -0.2) is 6.04 Å². The molecule has 0 radical (unpaired) electrons. The zero-order chi connectivity index (χ0) is 13.1. The van der Waals surface area contributed by atoms with Gasteiger partial charge < -0.3 is 9.73 Å². The zero-order valence-electron chi connectivity index (χ0n) is 11.6. The van der Waals surface area contributed by atoms with E-state index in [0.717, 1.165) is 22.3 Å². The SMILES string of the molecule is CC(NC1CCCCC1C(C)C)c1ccc(Br)o1. The lowest BCUT2D eigenvalue weighted by Gasteiger charge is -2.36. The van der Waals surface area contributed by atoms with Gasteiger partial charge in [0.05, 0.1) is 6.04 Å². The quantitative estimate of drug-likeness (QED) is 0.854. The minimum atomic E-state index is 0.292. The summed E-state index contributed by atoms with van der Waals surface area (Å²) in [4.78, 5) is 0. The molecule has 1 N–H and O–H groups in total. The van der Waals surface area contributed by atoms with Gasteiger partial charge in [0, 0.05) is 6.04 Å². The Labute approximate surface area is 119 Å². The second-order valence-electron chi connectivity index (χ2n) is 5.83. The Bertz CT molecular complexity index is 374. The summed E-state index contributed by atoms with van der Waals surface area (Å²) >= 11 is 3.37. The fraction of sp³-hybridized carbons (Fsp3) is 0.733. The topological polar surface area (TPSA) is 25.2 Å². The standard InChI is InChI=1S/C15H24BrNO/c1-10(2)12-6-4-5-7-13(12)17-11(3)14-8-9-15(16)18-14/h8-13,17H,4-7H2,1-3H3. The first kappa shape index (κ1) is 14.1. The summed E-state index contributed by atoms with van der Waals surface area (Å²) in [6.45, 7) is 6.88. The van der Waals surface area contributed by atoms with Crippen LogP contribution in [0.25, 0.3) is 0 Å². The molecule has 18 heavy (non-hydrogen) atoms. The highest BCUT2D eigenvalue weighted by Crippen LogP contribution is 2.32. The highest BCUT2D eigenvalue weighted by Gasteiger charge is 2.28. The first-order chi connectivity index (χ1) is 8.58. The monoisotopic (exact) mass is 313 g/mol. The van der Waals surface area contributed by atoms with E-state index in [-0.39, 0.29) is 0 Å². The average Bonchev–Trinajstić information content (AvgIpc) is 2.76. The number of nitrogens with one attached hydrogen (secondary N) is 1. The summed E-state index contributed by atoms with van der Waals surface area (Å²) in [5.74, 6) is 2.59. The van der Waals surface area contributed by atoms with Gasteiger partial charge in [-0.1, -0.05) is 26.7 Å². The molecule has 0 bridgehead atoms. The lowest BCUT2D eigenvalue weighted by molar-refractivity contribution is 0.189. The van der Waals surface area contributed by atoms with E-state index in [2.05, 4.69) is 48.1 Å². The molecule has 0 saturated heterocycles. The molecule has 0 aliphatic heterocycles. The summed E-state index contributed by atoms with van der Waals surface area (Å²) in [6.07, 6.45) is 5.41. The van der Waals surface area contributed by atoms with Crippen LogP contribution >= 0.6 is 15.9 Å².